The number of ketones is 1. The van der Waals surface area contributed by atoms with Gasteiger partial charge in [-0.1, -0.05) is 84.9 Å². The molecule has 0 aliphatic heterocycles. The lowest BCUT2D eigenvalue weighted by molar-refractivity contribution is -0.279. The number of aromatic nitrogens is 2. The summed E-state index contributed by atoms with van der Waals surface area (Å²) in [6.45, 7) is 0. The highest BCUT2D eigenvalue weighted by molar-refractivity contribution is 7.96. The monoisotopic (exact) mass is 476 g/mol. The third-order valence-corrected chi connectivity index (χ3v) is 10.6. The Morgan fingerprint density at radius 1 is 0.714 bits per heavy atom. The number of nitrogens with zero attached hydrogens (tertiary/aromatic N) is 2. The number of hydrogen-bond acceptors (Lipinski definition) is 3. The van der Waals surface area contributed by atoms with Gasteiger partial charge in [0.15, 0.2) is 0 Å². The van der Waals surface area contributed by atoms with Crippen molar-refractivity contribution < 1.29 is 9.90 Å². The number of rotatable bonds is 7. The highest BCUT2D eigenvalue weighted by atomic mass is 31.2. The van der Waals surface area contributed by atoms with Crippen molar-refractivity contribution in [2.45, 2.75) is 0 Å². The zero-order valence-corrected chi connectivity index (χ0v) is 20.3. The van der Waals surface area contributed by atoms with Crippen LogP contribution in [-0.4, -0.2) is 21.7 Å². The van der Waals surface area contributed by atoms with E-state index in [-0.39, 0.29) is 23.4 Å². The van der Waals surface area contributed by atoms with Gasteiger partial charge in [0.05, 0.1) is 5.56 Å². The summed E-state index contributed by atoms with van der Waals surface area (Å²) in [5.74, 6) is -0.548. The Balaban J connectivity index is 1.73. The van der Waals surface area contributed by atoms with Crippen LogP contribution in [0.4, 0.5) is 0 Å². The molecule has 1 heterocycles. The zero-order chi connectivity index (χ0) is 24.3. The Morgan fingerprint density at radius 2 is 1.11 bits per heavy atom. The smallest absolute Gasteiger partial charge is 0.204 e. The summed E-state index contributed by atoms with van der Waals surface area (Å²) >= 11 is 0. The molecule has 5 rings (SSSR count). The SMILES string of the molecule is Cn1nc(-c2ccccc2)c(C(=O)C[P+](c2ccccc2)(c2ccccc2)c2ccccc2)c1[O-]. The van der Waals surface area contributed by atoms with Crippen LogP contribution in [0.3, 0.4) is 0 Å². The van der Waals surface area contributed by atoms with Crippen LogP contribution in [0.15, 0.2) is 121 Å². The third kappa shape index (κ3) is 4.18. The molecule has 5 heteroatoms. The first-order valence-electron chi connectivity index (χ1n) is 11.5. The normalized spacial score (nSPS) is 11.3. The van der Waals surface area contributed by atoms with E-state index in [0.717, 1.165) is 21.5 Å². The molecular weight excluding hydrogens is 451 g/mol. The number of Topliss-reactive ketones (excluding diaryl/α,β-unsaturated/α-hetero) is 1. The molecule has 1 aromatic heterocycles. The molecule has 0 unspecified atom stereocenters. The van der Waals surface area contributed by atoms with Crippen molar-refractivity contribution in [2.24, 2.45) is 7.05 Å². The van der Waals surface area contributed by atoms with E-state index >= 15 is 0 Å². The van der Waals surface area contributed by atoms with Crippen LogP contribution in [0.2, 0.25) is 0 Å². The lowest BCUT2D eigenvalue weighted by atomic mass is 10.1. The van der Waals surface area contributed by atoms with Crippen LogP contribution in [0, 0.1) is 0 Å². The summed E-state index contributed by atoms with van der Waals surface area (Å²) in [7, 11) is -0.826. The first-order valence-corrected chi connectivity index (χ1v) is 13.5. The third-order valence-electron chi connectivity index (χ3n) is 6.29. The van der Waals surface area contributed by atoms with Gasteiger partial charge in [-0.15, -0.1) is 0 Å². The van der Waals surface area contributed by atoms with Gasteiger partial charge in [-0.3, -0.25) is 9.48 Å². The number of benzene rings is 4. The molecule has 0 fully saturated rings. The maximum atomic E-state index is 14.2. The molecule has 0 atom stereocenters. The van der Waals surface area contributed by atoms with E-state index in [4.69, 9.17) is 0 Å². The Kier molecular flexibility index (Phi) is 6.31. The van der Waals surface area contributed by atoms with E-state index in [1.54, 1.807) is 7.05 Å². The molecule has 0 amide bonds. The van der Waals surface area contributed by atoms with Crippen molar-refractivity contribution in [2.75, 3.05) is 6.16 Å². The average molecular weight is 477 g/mol. The predicted octanol–water partition coefficient (Wildman–Crippen LogP) is 4.34. The zero-order valence-electron chi connectivity index (χ0n) is 19.4. The van der Waals surface area contributed by atoms with E-state index in [1.807, 2.05) is 84.9 Å². The number of carbonyl (C=O) groups is 1. The van der Waals surface area contributed by atoms with Crippen LogP contribution in [-0.2, 0) is 7.05 Å². The van der Waals surface area contributed by atoms with E-state index < -0.39 is 7.26 Å². The highest BCUT2D eigenvalue weighted by Crippen LogP contribution is 2.56. The minimum atomic E-state index is -2.42. The van der Waals surface area contributed by atoms with Crippen LogP contribution in [0.1, 0.15) is 10.4 Å². The summed E-state index contributed by atoms with van der Waals surface area (Å²) in [6.07, 6.45) is 0.200. The van der Waals surface area contributed by atoms with Gasteiger partial charge in [0, 0.05) is 12.6 Å². The van der Waals surface area contributed by atoms with Crippen LogP contribution < -0.4 is 21.0 Å². The Morgan fingerprint density at radius 3 is 1.54 bits per heavy atom. The fourth-order valence-electron chi connectivity index (χ4n) is 4.62. The van der Waals surface area contributed by atoms with Crippen molar-refractivity contribution in [3.63, 3.8) is 0 Å². The predicted molar refractivity (Wildman–Crippen MR) is 142 cm³/mol. The summed E-state index contributed by atoms with van der Waals surface area (Å²) < 4.78 is 1.27. The highest BCUT2D eigenvalue weighted by Gasteiger charge is 2.47. The summed E-state index contributed by atoms with van der Waals surface area (Å²) in [4.78, 5) is 14.2. The fraction of sp³-hybridized carbons (Fsp3) is 0.0667. The lowest BCUT2D eigenvalue weighted by Gasteiger charge is -2.27. The van der Waals surface area contributed by atoms with E-state index in [9.17, 15) is 9.90 Å². The molecule has 35 heavy (non-hydrogen) atoms. The summed E-state index contributed by atoms with van der Waals surface area (Å²) in [5, 5.41) is 20.9. The van der Waals surface area contributed by atoms with Gasteiger partial charge in [0.1, 0.15) is 35.0 Å². The minimum absolute atomic E-state index is 0.158. The first-order chi connectivity index (χ1) is 17.1. The molecule has 0 spiro atoms. The molecule has 5 aromatic rings. The second-order valence-corrected chi connectivity index (χ2v) is 11.9. The van der Waals surface area contributed by atoms with E-state index in [2.05, 4.69) is 41.5 Å². The van der Waals surface area contributed by atoms with Crippen molar-refractivity contribution in [1.29, 1.82) is 0 Å². The van der Waals surface area contributed by atoms with Crippen LogP contribution >= 0.6 is 7.26 Å². The molecule has 0 aliphatic rings. The molecule has 0 aliphatic carbocycles. The summed E-state index contributed by atoms with van der Waals surface area (Å²) in [5.41, 5.74) is 1.36. The van der Waals surface area contributed by atoms with Gasteiger partial charge in [0.2, 0.25) is 5.78 Å². The molecule has 4 nitrogen and oxygen atoms in total. The van der Waals surface area contributed by atoms with Crippen molar-refractivity contribution in [3.05, 3.63) is 127 Å². The maximum absolute atomic E-state index is 14.2. The molecule has 0 bridgehead atoms. The molecular formula is C30H25N2O2P. The standard InChI is InChI=1S/C30H25N2O2P/c1-32-30(34)28(29(31-32)23-14-6-2-7-15-23)27(33)22-35(24-16-8-3-9-17-24,25-18-10-4-11-19-25)26-20-12-5-13-21-26/h2-21H,22H2,1H3. The first kappa shape index (κ1) is 22.8. The quantitative estimate of drug-likeness (QED) is 0.259. The Labute approximate surface area is 205 Å². The largest absolute Gasteiger partial charge is 0.858 e. The second-order valence-electron chi connectivity index (χ2n) is 8.42. The lowest BCUT2D eigenvalue weighted by Crippen LogP contribution is -2.36. The number of aryl methyl sites for hydroxylation is 1. The molecule has 0 N–H and O–H groups in total. The molecule has 172 valence electrons. The van der Waals surface area contributed by atoms with Crippen molar-refractivity contribution in [3.8, 4) is 17.1 Å². The van der Waals surface area contributed by atoms with Gasteiger partial charge in [-0.2, -0.15) is 5.10 Å². The average Bonchev–Trinajstić information content (AvgIpc) is 3.23. The molecule has 0 radical (unpaired) electrons. The molecule has 0 saturated heterocycles. The van der Waals surface area contributed by atoms with E-state index in [1.165, 1.54) is 4.68 Å². The number of hydrogen-bond donors (Lipinski definition) is 0. The van der Waals surface area contributed by atoms with Gasteiger partial charge >= 0.3 is 0 Å². The van der Waals surface area contributed by atoms with Gasteiger partial charge in [0.25, 0.3) is 0 Å². The molecule has 4 aromatic carbocycles. The topological polar surface area (TPSA) is 58.0 Å². The van der Waals surface area contributed by atoms with Gasteiger partial charge < -0.3 is 5.11 Å². The van der Waals surface area contributed by atoms with Crippen molar-refractivity contribution >= 4 is 29.0 Å². The van der Waals surface area contributed by atoms with Gasteiger partial charge in [-0.25, -0.2) is 0 Å². The Hall–Kier alpha value is -4.01. The summed E-state index contributed by atoms with van der Waals surface area (Å²) in [6, 6.07) is 40.1. The van der Waals surface area contributed by atoms with E-state index in [0.29, 0.717) is 5.69 Å². The second kappa shape index (κ2) is 9.69. The Bertz CT molecular complexity index is 1340. The van der Waals surface area contributed by atoms with Crippen LogP contribution in [0.25, 0.3) is 11.3 Å². The van der Waals surface area contributed by atoms with Gasteiger partial charge in [-0.05, 0) is 42.3 Å². The fourth-order valence-corrected chi connectivity index (χ4v) is 8.70. The van der Waals surface area contributed by atoms with Crippen LogP contribution in [0.5, 0.6) is 5.88 Å². The maximum Gasteiger partial charge on any atom is 0.204 e. The minimum Gasteiger partial charge on any atom is -0.858 e. The molecule has 0 saturated carbocycles. The van der Waals surface area contributed by atoms with Crippen molar-refractivity contribution in [1.82, 2.24) is 9.78 Å². The number of carbonyl (C=O) groups excluding carboxylic acids is 1.